The number of rotatable bonds is 4. The Labute approximate surface area is 136 Å². The van der Waals surface area contributed by atoms with Crippen LogP contribution in [0.15, 0.2) is 27.9 Å². The zero-order chi connectivity index (χ0) is 18.6. The molecule has 11 heteroatoms. The third-order valence-corrected chi connectivity index (χ3v) is 2.81. The topological polar surface area (TPSA) is 83.7 Å². The van der Waals surface area contributed by atoms with Crippen molar-refractivity contribution in [3.8, 4) is 0 Å². The van der Waals surface area contributed by atoms with Crippen LogP contribution in [-0.4, -0.2) is 18.0 Å². The number of nitrogens with one attached hydrogen (secondary N) is 2. The first-order valence-electron chi connectivity index (χ1n) is 6.48. The van der Waals surface area contributed by atoms with E-state index in [0.717, 1.165) is 0 Å². The summed E-state index contributed by atoms with van der Waals surface area (Å²) in [4.78, 5) is 22.8. The van der Waals surface area contributed by atoms with Crippen LogP contribution < -0.4 is 10.7 Å². The fraction of sp³-hybridized carbons (Fsp3) is 0.0714. The second-order valence-electron chi connectivity index (χ2n) is 4.44. The van der Waals surface area contributed by atoms with Crippen molar-refractivity contribution in [2.45, 2.75) is 6.54 Å². The van der Waals surface area contributed by atoms with E-state index < -0.39 is 46.5 Å². The maximum absolute atomic E-state index is 13.3. The largest absolute Gasteiger partial charge is 0.467 e. The van der Waals surface area contributed by atoms with Crippen LogP contribution in [0.25, 0.3) is 0 Å². The van der Waals surface area contributed by atoms with Crippen molar-refractivity contribution < 1.29 is 36.0 Å². The average Bonchev–Trinajstić information content (AvgIpc) is 3.12. The molecular weight excluding hydrogens is 353 g/mol. The minimum Gasteiger partial charge on any atom is -0.467 e. The highest BCUT2D eigenvalue weighted by Gasteiger charge is 2.24. The van der Waals surface area contributed by atoms with Crippen LogP contribution in [0.1, 0.15) is 11.3 Å². The lowest BCUT2D eigenvalue weighted by Gasteiger charge is -2.04. The predicted molar refractivity (Wildman–Crippen MR) is 72.5 cm³/mol. The van der Waals surface area contributed by atoms with Crippen molar-refractivity contribution in [3.63, 3.8) is 0 Å². The summed E-state index contributed by atoms with van der Waals surface area (Å²) in [6.45, 7) is -0.111. The highest BCUT2D eigenvalue weighted by molar-refractivity contribution is 6.35. The summed E-state index contributed by atoms with van der Waals surface area (Å²) in [5, 5.41) is 5.14. The minimum atomic E-state index is -2.33. The Kier molecular flexibility index (Phi) is 5.47. The van der Waals surface area contributed by atoms with E-state index in [1.807, 2.05) is 0 Å². The van der Waals surface area contributed by atoms with Crippen LogP contribution >= 0.6 is 0 Å². The molecule has 0 bridgehead atoms. The zero-order valence-electron chi connectivity index (χ0n) is 12.1. The van der Waals surface area contributed by atoms with Gasteiger partial charge in [0.05, 0.1) is 24.6 Å². The van der Waals surface area contributed by atoms with Gasteiger partial charge < -0.3 is 9.73 Å². The summed E-state index contributed by atoms with van der Waals surface area (Å²) in [6, 6.07) is 3.08. The van der Waals surface area contributed by atoms with E-state index >= 15 is 0 Å². The van der Waals surface area contributed by atoms with E-state index in [1.165, 1.54) is 12.3 Å². The van der Waals surface area contributed by atoms with Gasteiger partial charge in [0.25, 0.3) is 0 Å². The number of halogens is 5. The lowest BCUT2D eigenvalue weighted by atomic mass is 10.2. The molecule has 0 unspecified atom stereocenters. The monoisotopic (exact) mass is 361 g/mol. The van der Waals surface area contributed by atoms with Gasteiger partial charge in [0, 0.05) is 0 Å². The first-order valence-corrected chi connectivity index (χ1v) is 6.48. The number of carbonyl (C=O) groups is 2. The van der Waals surface area contributed by atoms with Gasteiger partial charge in [-0.3, -0.25) is 9.59 Å². The fourth-order valence-corrected chi connectivity index (χ4v) is 1.60. The van der Waals surface area contributed by atoms with Gasteiger partial charge in [-0.05, 0) is 12.1 Å². The molecule has 0 spiro atoms. The number of furan rings is 1. The Morgan fingerprint density at radius 3 is 2.16 bits per heavy atom. The van der Waals surface area contributed by atoms with Gasteiger partial charge in [0.15, 0.2) is 23.3 Å². The molecule has 0 radical (unpaired) electrons. The lowest BCUT2D eigenvalue weighted by molar-refractivity contribution is -0.139. The van der Waals surface area contributed by atoms with Crippen molar-refractivity contribution in [2.24, 2.45) is 5.10 Å². The van der Waals surface area contributed by atoms with E-state index in [0.29, 0.717) is 5.76 Å². The Balaban J connectivity index is 2.01. The first-order chi connectivity index (χ1) is 11.8. The van der Waals surface area contributed by atoms with Crippen molar-refractivity contribution in [1.82, 2.24) is 10.7 Å². The van der Waals surface area contributed by atoms with Gasteiger partial charge in [0.1, 0.15) is 5.76 Å². The Morgan fingerprint density at radius 2 is 1.60 bits per heavy atom. The Bertz CT molecular complexity index is 808. The second kappa shape index (κ2) is 7.55. The Hall–Kier alpha value is -3.24. The summed E-state index contributed by atoms with van der Waals surface area (Å²) in [5.41, 5.74) is 0.217. The van der Waals surface area contributed by atoms with Crippen LogP contribution in [0.5, 0.6) is 0 Å². The summed E-state index contributed by atoms with van der Waals surface area (Å²) < 4.78 is 70.4. The smallest absolute Gasteiger partial charge is 0.329 e. The zero-order valence-corrected chi connectivity index (χ0v) is 12.1. The molecule has 0 saturated heterocycles. The molecule has 0 aliphatic heterocycles. The molecule has 2 rings (SSSR count). The average molecular weight is 361 g/mol. The normalized spacial score (nSPS) is 10.9. The number of hydrogen-bond donors (Lipinski definition) is 2. The van der Waals surface area contributed by atoms with Gasteiger partial charge in [-0.25, -0.2) is 27.4 Å². The SMILES string of the molecule is O=C(NCc1ccco1)C(=O)N/N=C/c1c(F)c(F)c(F)c(F)c1F. The third-order valence-electron chi connectivity index (χ3n) is 2.81. The molecule has 6 nitrogen and oxygen atoms in total. The van der Waals surface area contributed by atoms with Crippen LogP contribution in [0.2, 0.25) is 0 Å². The fourth-order valence-electron chi connectivity index (χ4n) is 1.60. The summed E-state index contributed by atoms with van der Waals surface area (Å²) >= 11 is 0. The molecule has 1 heterocycles. The molecule has 0 atom stereocenters. The van der Waals surface area contributed by atoms with E-state index in [-0.39, 0.29) is 12.8 Å². The maximum atomic E-state index is 13.3. The quantitative estimate of drug-likeness (QED) is 0.217. The van der Waals surface area contributed by atoms with Crippen molar-refractivity contribution in [2.75, 3.05) is 0 Å². The summed E-state index contributed by atoms with van der Waals surface area (Å²) in [6.07, 6.45) is 1.53. The summed E-state index contributed by atoms with van der Waals surface area (Å²) in [7, 11) is 0. The van der Waals surface area contributed by atoms with Crippen molar-refractivity contribution in [1.29, 1.82) is 0 Å². The van der Waals surface area contributed by atoms with Crippen molar-refractivity contribution >= 4 is 18.0 Å². The van der Waals surface area contributed by atoms with E-state index in [2.05, 4.69) is 10.4 Å². The summed E-state index contributed by atoms with van der Waals surface area (Å²) in [5.74, 6) is -13.0. The number of amides is 2. The van der Waals surface area contributed by atoms with Crippen molar-refractivity contribution in [3.05, 3.63) is 58.8 Å². The number of benzene rings is 1. The molecule has 2 amide bonds. The number of nitrogens with zero attached hydrogens (tertiary/aromatic N) is 1. The highest BCUT2D eigenvalue weighted by atomic mass is 19.2. The van der Waals surface area contributed by atoms with Crippen LogP contribution in [-0.2, 0) is 16.1 Å². The van der Waals surface area contributed by atoms with E-state index in [9.17, 15) is 31.5 Å². The van der Waals surface area contributed by atoms with Gasteiger partial charge in [-0.15, -0.1) is 0 Å². The molecular formula is C14H8F5N3O3. The van der Waals surface area contributed by atoms with Crippen LogP contribution in [0.3, 0.4) is 0 Å². The van der Waals surface area contributed by atoms with Gasteiger partial charge in [-0.2, -0.15) is 5.10 Å². The molecule has 0 saturated carbocycles. The number of hydrazone groups is 1. The van der Waals surface area contributed by atoms with Crippen LogP contribution in [0.4, 0.5) is 22.0 Å². The standard InChI is InChI=1S/C14H8F5N3O3/c15-8-7(9(16)11(18)12(19)10(8)17)5-21-22-14(24)13(23)20-4-6-2-1-3-25-6/h1-3,5H,4H2,(H,20,23)(H,22,24)/b21-5+. The molecule has 1 aromatic heterocycles. The molecule has 25 heavy (non-hydrogen) atoms. The molecule has 0 aliphatic carbocycles. The molecule has 0 fully saturated rings. The molecule has 0 aliphatic rings. The lowest BCUT2D eigenvalue weighted by Crippen LogP contribution is -2.37. The predicted octanol–water partition coefficient (Wildman–Crippen LogP) is 1.74. The number of hydrogen-bond acceptors (Lipinski definition) is 4. The molecule has 2 aromatic rings. The van der Waals surface area contributed by atoms with Gasteiger partial charge in [0.2, 0.25) is 5.82 Å². The van der Waals surface area contributed by atoms with E-state index in [1.54, 1.807) is 11.5 Å². The molecule has 1 aromatic carbocycles. The molecule has 2 N–H and O–H groups in total. The second-order valence-corrected chi connectivity index (χ2v) is 4.44. The first kappa shape index (κ1) is 18.1. The van der Waals surface area contributed by atoms with Gasteiger partial charge in [-0.1, -0.05) is 0 Å². The maximum Gasteiger partial charge on any atom is 0.329 e. The minimum absolute atomic E-state index is 0.111. The van der Waals surface area contributed by atoms with Gasteiger partial charge >= 0.3 is 11.8 Å². The van der Waals surface area contributed by atoms with E-state index in [4.69, 9.17) is 4.42 Å². The molecule has 132 valence electrons. The Morgan fingerprint density at radius 1 is 1.00 bits per heavy atom. The highest BCUT2D eigenvalue weighted by Crippen LogP contribution is 2.21. The third kappa shape index (κ3) is 4.00. The van der Waals surface area contributed by atoms with Crippen LogP contribution in [0, 0.1) is 29.1 Å². The number of carbonyl (C=O) groups excluding carboxylic acids is 2.